The summed E-state index contributed by atoms with van der Waals surface area (Å²) in [6, 6.07) is 20.1. The molecule has 3 heterocycles. The number of hydrogen-bond donors (Lipinski definition) is 1. The monoisotopic (exact) mass is 405 g/mol. The highest BCUT2D eigenvalue weighted by Crippen LogP contribution is 2.26. The van der Waals surface area contributed by atoms with Gasteiger partial charge in [0.15, 0.2) is 0 Å². The maximum atomic E-state index is 6.16. The van der Waals surface area contributed by atoms with Crippen LogP contribution < -0.4 is 10.2 Å². The highest BCUT2D eigenvalue weighted by atomic mass is 35.5. The fourth-order valence-corrected chi connectivity index (χ4v) is 3.75. The summed E-state index contributed by atoms with van der Waals surface area (Å²) in [6.45, 7) is 3.32. The normalized spacial score (nSPS) is 14.3. The third kappa shape index (κ3) is 3.77. The molecule has 29 heavy (non-hydrogen) atoms. The summed E-state index contributed by atoms with van der Waals surface area (Å²) in [7, 11) is 0. The first kappa shape index (κ1) is 18.0. The number of morpholine rings is 1. The average molecular weight is 406 g/mol. The molecule has 0 saturated carbocycles. The lowest BCUT2D eigenvalue weighted by Gasteiger charge is -2.29. The van der Waals surface area contributed by atoms with Crippen molar-refractivity contribution in [3.63, 3.8) is 0 Å². The Labute approximate surface area is 173 Å². The van der Waals surface area contributed by atoms with E-state index in [1.165, 1.54) is 5.69 Å². The second kappa shape index (κ2) is 7.73. The van der Waals surface area contributed by atoms with Crippen molar-refractivity contribution in [3.8, 4) is 11.3 Å². The minimum Gasteiger partial charge on any atom is -0.378 e. The van der Waals surface area contributed by atoms with Crippen molar-refractivity contribution in [1.82, 2.24) is 14.6 Å². The third-order valence-electron chi connectivity index (χ3n) is 5.00. The van der Waals surface area contributed by atoms with Crippen LogP contribution in [0.1, 0.15) is 0 Å². The lowest BCUT2D eigenvalue weighted by atomic mass is 10.2. The number of hydrogen-bond acceptors (Lipinski definition) is 5. The Morgan fingerprint density at radius 2 is 1.83 bits per heavy atom. The fraction of sp³-hybridized carbons (Fsp3) is 0.182. The summed E-state index contributed by atoms with van der Waals surface area (Å²) >= 11 is 6.16. The van der Waals surface area contributed by atoms with Crippen LogP contribution >= 0.6 is 11.6 Å². The van der Waals surface area contributed by atoms with Crippen molar-refractivity contribution in [3.05, 3.63) is 71.9 Å². The molecule has 1 saturated heterocycles. The van der Waals surface area contributed by atoms with Crippen molar-refractivity contribution in [2.45, 2.75) is 0 Å². The topological polar surface area (TPSA) is 54.7 Å². The van der Waals surface area contributed by atoms with E-state index in [0.29, 0.717) is 11.0 Å². The van der Waals surface area contributed by atoms with Gasteiger partial charge in [-0.15, -0.1) is 5.10 Å². The minimum absolute atomic E-state index is 0.538. The summed E-state index contributed by atoms with van der Waals surface area (Å²) in [5.74, 6) is 0.538. The van der Waals surface area contributed by atoms with Crippen LogP contribution in [0.15, 0.2) is 66.9 Å². The third-order valence-corrected chi connectivity index (χ3v) is 5.23. The van der Waals surface area contributed by atoms with Crippen molar-refractivity contribution in [2.75, 3.05) is 36.5 Å². The molecule has 4 aromatic rings. The lowest BCUT2D eigenvalue weighted by Crippen LogP contribution is -2.36. The van der Waals surface area contributed by atoms with Crippen LogP contribution in [0.4, 0.5) is 17.3 Å². The van der Waals surface area contributed by atoms with Crippen molar-refractivity contribution < 1.29 is 4.74 Å². The predicted molar refractivity (Wildman–Crippen MR) is 116 cm³/mol. The SMILES string of the molecule is Clc1cccc(-c2ccc3cnc(Nc4cccc(N5CCOCC5)c4)nn23)c1. The van der Waals surface area contributed by atoms with Crippen LogP contribution in [0.2, 0.25) is 5.02 Å². The number of halogens is 1. The zero-order chi connectivity index (χ0) is 19.6. The summed E-state index contributed by atoms with van der Waals surface area (Å²) in [4.78, 5) is 6.79. The summed E-state index contributed by atoms with van der Waals surface area (Å²) < 4.78 is 7.33. The molecule has 0 bridgehead atoms. The van der Waals surface area contributed by atoms with Crippen molar-refractivity contribution >= 4 is 34.4 Å². The number of nitrogens with zero attached hydrogens (tertiary/aromatic N) is 4. The molecular weight excluding hydrogens is 386 g/mol. The van der Waals surface area contributed by atoms with Gasteiger partial charge in [-0.2, -0.15) is 0 Å². The first-order valence-electron chi connectivity index (χ1n) is 9.57. The molecule has 7 heteroatoms. The highest BCUT2D eigenvalue weighted by molar-refractivity contribution is 6.30. The molecule has 0 spiro atoms. The molecule has 1 aliphatic rings. The van der Waals surface area contributed by atoms with E-state index in [2.05, 4.69) is 27.3 Å². The number of anilines is 3. The van der Waals surface area contributed by atoms with Crippen LogP contribution in [0.25, 0.3) is 16.8 Å². The number of nitrogens with one attached hydrogen (secondary N) is 1. The van der Waals surface area contributed by atoms with E-state index >= 15 is 0 Å². The Morgan fingerprint density at radius 1 is 0.966 bits per heavy atom. The fourth-order valence-electron chi connectivity index (χ4n) is 3.56. The maximum Gasteiger partial charge on any atom is 0.245 e. The molecular formula is C22H20ClN5O. The molecule has 5 rings (SSSR count). The molecule has 2 aromatic heterocycles. The van der Waals surface area contributed by atoms with E-state index in [1.807, 2.05) is 59.2 Å². The molecule has 0 atom stereocenters. The molecule has 0 radical (unpaired) electrons. The van der Waals surface area contributed by atoms with E-state index < -0.39 is 0 Å². The molecule has 1 fully saturated rings. The summed E-state index contributed by atoms with van der Waals surface area (Å²) in [5.41, 5.74) is 5.02. The Balaban J connectivity index is 1.44. The molecule has 1 aliphatic heterocycles. The van der Waals surface area contributed by atoms with Gasteiger partial charge >= 0.3 is 0 Å². The Bertz CT molecular complexity index is 1150. The van der Waals surface area contributed by atoms with Gasteiger partial charge in [0.1, 0.15) is 0 Å². The number of ether oxygens (including phenoxy) is 1. The average Bonchev–Trinajstić information content (AvgIpc) is 3.18. The van der Waals surface area contributed by atoms with Gasteiger partial charge in [0.25, 0.3) is 0 Å². The van der Waals surface area contributed by atoms with Gasteiger partial charge in [-0.3, -0.25) is 0 Å². The molecule has 0 amide bonds. The molecule has 146 valence electrons. The zero-order valence-corrected chi connectivity index (χ0v) is 16.5. The van der Waals surface area contributed by atoms with Crippen LogP contribution in [0, 0.1) is 0 Å². The van der Waals surface area contributed by atoms with Gasteiger partial charge in [0.2, 0.25) is 5.95 Å². The number of fused-ring (bicyclic) bond motifs is 1. The molecule has 1 N–H and O–H groups in total. The number of benzene rings is 2. The standard InChI is InChI=1S/C22H20ClN5O/c23-17-4-1-3-16(13-17)21-8-7-20-15-24-22(26-28(20)21)25-18-5-2-6-19(14-18)27-9-11-29-12-10-27/h1-8,13-15H,9-12H2,(H,25,26). The second-order valence-corrected chi connectivity index (χ2v) is 7.36. The highest BCUT2D eigenvalue weighted by Gasteiger charge is 2.12. The Kier molecular flexibility index (Phi) is 4.79. The summed E-state index contributed by atoms with van der Waals surface area (Å²) in [6.07, 6.45) is 1.81. The van der Waals surface area contributed by atoms with Gasteiger partial charge in [-0.25, -0.2) is 9.50 Å². The van der Waals surface area contributed by atoms with Crippen LogP contribution in [0.5, 0.6) is 0 Å². The molecule has 6 nitrogen and oxygen atoms in total. The number of rotatable bonds is 4. The summed E-state index contributed by atoms with van der Waals surface area (Å²) in [5, 5.41) is 8.72. The Morgan fingerprint density at radius 3 is 2.69 bits per heavy atom. The maximum absolute atomic E-state index is 6.16. The van der Waals surface area contributed by atoms with Crippen LogP contribution in [-0.4, -0.2) is 40.9 Å². The van der Waals surface area contributed by atoms with Gasteiger partial charge in [0, 0.05) is 35.1 Å². The first-order valence-corrected chi connectivity index (χ1v) is 9.95. The molecule has 0 aliphatic carbocycles. The molecule has 0 unspecified atom stereocenters. The van der Waals surface area contributed by atoms with Crippen LogP contribution in [0.3, 0.4) is 0 Å². The quantitative estimate of drug-likeness (QED) is 0.536. The van der Waals surface area contributed by atoms with Crippen LogP contribution in [-0.2, 0) is 4.74 Å². The Hall–Kier alpha value is -3.09. The van der Waals surface area contributed by atoms with E-state index in [9.17, 15) is 0 Å². The largest absolute Gasteiger partial charge is 0.378 e. The van der Waals surface area contributed by atoms with E-state index in [1.54, 1.807) is 0 Å². The predicted octanol–water partition coefficient (Wildman–Crippen LogP) is 4.63. The lowest BCUT2D eigenvalue weighted by molar-refractivity contribution is 0.122. The van der Waals surface area contributed by atoms with Gasteiger partial charge < -0.3 is 15.0 Å². The van der Waals surface area contributed by atoms with Crippen molar-refractivity contribution in [1.29, 1.82) is 0 Å². The van der Waals surface area contributed by atoms with Gasteiger partial charge in [-0.05, 0) is 42.5 Å². The molecule has 2 aromatic carbocycles. The van der Waals surface area contributed by atoms with E-state index in [0.717, 1.165) is 48.8 Å². The van der Waals surface area contributed by atoms with Gasteiger partial charge in [0.05, 0.1) is 30.6 Å². The van der Waals surface area contributed by atoms with Gasteiger partial charge in [-0.1, -0.05) is 29.8 Å². The first-order chi connectivity index (χ1) is 14.3. The van der Waals surface area contributed by atoms with Crippen molar-refractivity contribution in [2.24, 2.45) is 0 Å². The van der Waals surface area contributed by atoms with E-state index in [-0.39, 0.29) is 0 Å². The zero-order valence-electron chi connectivity index (χ0n) is 15.8. The van der Waals surface area contributed by atoms with E-state index in [4.69, 9.17) is 21.4 Å². The minimum atomic E-state index is 0.538. The second-order valence-electron chi connectivity index (χ2n) is 6.92. The smallest absolute Gasteiger partial charge is 0.245 e. The number of aromatic nitrogens is 3.